The highest BCUT2D eigenvalue weighted by molar-refractivity contribution is 5.76. The predicted molar refractivity (Wildman–Crippen MR) is 49.2 cm³/mol. The number of hydrogen-bond acceptors (Lipinski definition) is 3. The maximum atomic E-state index is 10.8. The molecule has 2 saturated heterocycles. The Morgan fingerprint density at radius 1 is 1.57 bits per heavy atom. The van der Waals surface area contributed by atoms with Gasteiger partial charge in [-0.05, 0) is 19.3 Å². The Bertz CT molecular complexity index is 361. The van der Waals surface area contributed by atoms with Crippen LogP contribution in [0.4, 0.5) is 0 Å². The molecule has 0 aromatic carbocycles. The fourth-order valence-electron chi connectivity index (χ4n) is 2.64. The molecule has 1 aromatic rings. The molecule has 2 bridgehead atoms. The van der Waals surface area contributed by atoms with Gasteiger partial charge in [-0.2, -0.15) is 5.10 Å². The van der Waals surface area contributed by atoms with Gasteiger partial charge in [0.15, 0.2) is 6.29 Å². The van der Waals surface area contributed by atoms with Crippen LogP contribution in [-0.2, 0) is 4.74 Å². The van der Waals surface area contributed by atoms with Crippen molar-refractivity contribution < 1.29 is 9.53 Å². The molecule has 0 aliphatic carbocycles. The molecule has 2 fully saturated rings. The lowest BCUT2D eigenvalue weighted by molar-refractivity contribution is 0.100. The van der Waals surface area contributed by atoms with Crippen LogP contribution in [0.25, 0.3) is 0 Å². The molecule has 0 saturated carbocycles. The van der Waals surface area contributed by atoms with Crippen molar-refractivity contribution in [1.29, 1.82) is 0 Å². The number of carbonyl (C=O) groups is 1. The van der Waals surface area contributed by atoms with Crippen LogP contribution in [-0.4, -0.2) is 28.7 Å². The Balaban J connectivity index is 1.92. The highest BCUT2D eigenvalue weighted by Crippen LogP contribution is 2.44. The van der Waals surface area contributed by atoms with Gasteiger partial charge in [-0.3, -0.25) is 9.89 Å². The Kier molecular flexibility index (Phi) is 1.70. The number of rotatable bonds is 2. The van der Waals surface area contributed by atoms with Crippen molar-refractivity contribution in [1.82, 2.24) is 10.2 Å². The molecule has 4 heteroatoms. The molecule has 4 nitrogen and oxygen atoms in total. The van der Waals surface area contributed by atoms with E-state index >= 15 is 0 Å². The Labute approximate surface area is 81.6 Å². The molecule has 0 radical (unpaired) electrons. The molecular formula is C10H12N2O2. The summed E-state index contributed by atoms with van der Waals surface area (Å²) in [5, 5.41) is 6.83. The number of ether oxygens (including phenoxy) is 1. The van der Waals surface area contributed by atoms with Gasteiger partial charge in [0.2, 0.25) is 0 Å². The zero-order chi connectivity index (χ0) is 9.54. The van der Waals surface area contributed by atoms with Gasteiger partial charge in [0.1, 0.15) is 0 Å². The lowest BCUT2D eigenvalue weighted by Crippen LogP contribution is -2.16. The third-order valence-electron chi connectivity index (χ3n) is 3.30. The zero-order valence-electron chi connectivity index (χ0n) is 7.77. The van der Waals surface area contributed by atoms with Crippen molar-refractivity contribution in [2.24, 2.45) is 0 Å². The van der Waals surface area contributed by atoms with Gasteiger partial charge in [0.25, 0.3) is 0 Å². The number of hydrogen-bond donors (Lipinski definition) is 1. The van der Waals surface area contributed by atoms with Crippen molar-refractivity contribution in [3.05, 3.63) is 17.5 Å². The molecular weight excluding hydrogens is 180 g/mol. The van der Waals surface area contributed by atoms with Crippen LogP contribution in [0.3, 0.4) is 0 Å². The number of carbonyl (C=O) groups excluding carboxylic acids is 1. The molecule has 1 aromatic heterocycles. The zero-order valence-corrected chi connectivity index (χ0v) is 7.77. The van der Waals surface area contributed by atoms with Crippen LogP contribution < -0.4 is 0 Å². The number of aldehydes is 1. The van der Waals surface area contributed by atoms with E-state index < -0.39 is 0 Å². The first kappa shape index (κ1) is 8.17. The number of aromatic amines is 1. The van der Waals surface area contributed by atoms with Crippen LogP contribution in [0.5, 0.6) is 0 Å². The van der Waals surface area contributed by atoms with Gasteiger partial charge in [-0.25, -0.2) is 0 Å². The summed E-state index contributed by atoms with van der Waals surface area (Å²) in [6.07, 6.45) is 6.50. The molecule has 74 valence electrons. The van der Waals surface area contributed by atoms with Crippen molar-refractivity contribution in [2.75, 3.05) is 0 Å². The third kappa shape index (κ3) is 1.04. The molecule has 0 spiro atoms. The Morgan fingerprint density at radius 2 is 2.50 bits per heavy atom. The smallest absolute Gasteiger partial charge is 0.153 e. The number of nitrogens with zero attached hydrogens (tertiary/aromatic N) is 1. The number of aromatic nitrogens is 2. The second-order valence-corrected chi connectivity index (χ2v) is 4.07. The first-order valence-corrected chi connectivity index (χ1v) is 5.02. The highest BCUT2D eigenvalue weighted by atomic mass is 16.5. The van der Waals surface area contributed by atoms with Gasteiger partial charge >= 0.3 is 0 Å². The topological polar surface area (TPSA) is 55.0 Å². The van der Waals surface area contributed by atoms with E-state index in [9.17, 15) is 4.79 Å². The summed E-state index contributed by atoms with van der Waals surface area (Å²) in [4.78, 5) is 10.8. The van der Waals surface area contributed by atoms with Crippen LogP contribution in [0, 0.1) is 0 Å². The molecule has 3 atom stereocenters. The first-order chi connectivity index (χ1) is 6.88. The van der Waals surface area contributed by atoms with Crippen LogP contribution in [0.1, 0.15) is 41.2 Å². The average Bonchev–Trinajstić information content (AvgIpc) is 2.92. The summed E-state index contributed by atoms with van der Waals surface area (Å²) in [7, 11) is 0. The maximum Gasteiger partial charge on any atom is 0.153 e. The quantitative estimate of drug-likeness (QED) is 0.717. The second kappa shape index (κ2) is 2.92. The molecule has 3 heterocycles. The van der Waals surface area contributed by atoms with Crippen LogP contribution >= 0.6 is 0 Å². The minimum absolute atomic E-state index is 0.305. The van der Waals surface area contributed by atoms with Gasteiger partial charge in [0, 0.05) is 5.92 Å². The molecule has 2 aliphatic heterocycles. The van der Waals surface area contributed by atoms with Crippen LogP contribution in [0.15, 0.2) is 6.20 Å². The van der Waals surface area contributed by atoms with Gasteiger partial charge in [-0.1, -0.05) is 0 Å². The van der Waals surface area contributed by atoms with Crippen LogP contribution in [0.2, 0.25) is 0 Å². The third-order valence-corrected chi connectivity index (χ3v) is 3.30. The van der Waals surface area contributed by atoms with E-state index in [0.29, 0.717) is 23.7 Å². The summed E-state index contributed by atoms with van der Waals surface area (Å²) >= 11 is 0. The van der Waals surface area contributed by atoms with E-state index in [1.165, 1.54) is 6.42 Å². The molecule has 0 amide bonds. The van der Waals surface area contributed by atoms with Gasteiger partial charge in [-0.15, -0.1) is 0 Å². The fraction of sp³-hybridized carbons (Fsp3) is 0.600. The average molecular weight is 192 g/mol. The van der Waals surface area contributed by atoms with Gasteiger partial charge in [0.05, 0.1) is 29.7 Å². The largest absolute Gasteiger partial charge is 0.374 e. The van der Waals surface area contributed by atoms with E-state index in [4.69, 9.17) is 4.74 Å². The fourth-order valence-corrected chi connectivity index (χ4v) is 2.64. The molecule has 14 heavy (non-hydrogen) atoms. The number of H-pyrrole nitrogens is 1. The monoisotopic (exact) mass is 192 g/mol. The van der Waals surface area contributed by atoms with E-state index in [1.807, 2.05) is 0 Å². The van der Waals surface area contributed by atoms with Gasteiger partial charge < -0.3 is 4.74 Å². The van der Waals surface area contributed by atoms with Crippen molar-refractivity contribution in [3.63, 3.8) is 0 Å². The highest BCUT2D eigenvalue weighted by Gasteiger charge is 2.42. The molecule has 3 rings (SSSR count). The van der Waals surface area contributed by atoms with E-state index in [-0.39, 0.29) is 0 Å². The van der Waals surface area contributed by atoms with Crippen molar-refractivity contribution in [3.8, 4) is 0 Å². The summed E-state index contributed by atoms with van der Waals surface area (Å²) in [5.74, 6) is 0.358. The van der Waals surface area contributed by atoms with Crippen molar-refractivity contribution in [2.45, 2.75) is 37.4 Å². The molecule has 2 aliphatic rings. The number of nitrogens with one attached hydrogen (secondary N) is 1. The molecule has 3 unspecified atom stereocenters. The standard InChI is InChI=1S/C10H12N2O2/c13-5-6-4-11-12-10(6)8-3-7-1-2-9(8)14-7/h4-5,7-9H,1-3H2,(H,11,12). The lowest BCUT2D eigenvalue weighted by atomic mass is 9.86. The predicted octanol–water partition coefficient (Wildman–Crippen LogP) is 1.26. The Morgan fingerprint density at radius 3 is 3.14 bits per heavy atom. The van der Waals surface area contributed by atoms with E-state index in [1.54, 1.807) is 6.20 Å². The summed E-state index contributed by atoms with van der Waals surface area (Å²) in [5.41, 5.74) is 1.65. The first-order valence-electron chi connectivity index (χ1n) is 5.02. The second-order valence-electron chi connectivity index (χ2n) is 4.07. The maximum absolute atomic E-state index is 10.8. The van der Waals surface area contributed by atoms with Crippen molar-refractivity contribution >= 4 is 6.29 Å². The normalized spacial score (nSPS) is 35.0. The molecule has 1 N–H and O–H groups in total. The number of fused-ring (bicyclic) bond motifs is 2. The minimum Gasteiger partial charge on any atom is -0.374 e. The van der Waals surface area contributed by atoms with E-state index in [0.717, 1.165) is 24.8 Å². The Hall–Kier alpha value is -1.16. The summed E-state index contributed by atoms with van der Waals surface area (Å²) in [6, 6.07) is 0. The minimum atomic E-state index is 0.305. The SMILES string of the molecule is O=Cc1cn[nH]c1C1CC2CCC1O2. The lowest BCUT2D eigenvalue weighted by Gasteiger charge is -2.17. The summed E-state index contributed by atoms with van der Waals surface area (Å²) < 4.78 is 5.74. The summed E-state index contributed by atoms with van der Waals surface area (Å²) in [6.45, 7) is 0. The van der Waals surface area contributed by atoms with E-state index in [2.05, 4.69) is 10.2 Å².